The molecule has 3 heteroatoms. The molecule has 1 N–H and O–H groups in total. The van der Waals surface area contributed by atoms with Crippen LogP contribution in [0.5, 0.6) is 0 Å². The van der Waals surface area contributed by atoms with Crippen molar-refractivity contribution in [1.29, 1.82) is 0 Å². The second-order valence-corrected chi connectivity index (χ2v) is 6.61. The molecule has 2 aromatic rings. The third-order valence-corrected chi connectivity index (χ3v) is 5.09. The van der Waals surface area contributed by atoms with Crippen LogP contribution in [0.3, 0.4) is 0 Å². The van der Waals surface area contributed by atoms with Crippen molar-refractivity contribution >= 4 is 23.1 Å². The lowest BCUT2D eigenvalue weighted by atomic mass is 10.1. The van der Waals surface area contributed by atoms with Gasteiger partial charge in [-0.15, -0.1) is 11.3 Å². The lowest BCUT2D eigenvalue weighted by Gasteiger charge is -2.04. The van der Waals surface area contributed by atoms with Gasteiger partial charge in [0.15, 0.2) is 0 Å². The number of aliphatic hydroxyl groups is 1. The molecular formula is C17H18OS2. The van der Waals surface area contributed by atoms with Gasteiger partial charge in [-0.3, -0.25) is 0 Å². The maximum absolute atomic E-state index is 8.69. The molecule has 0 saturated carbocycles. The van der Waals surface area contributed by atoms with Crippen molar-refractivity contribution in [3.05, 3.63) is 57.3 Å². The molecule has 0 aliphatic carbocycles. The molecule has 0 saturated heterocycles. The third kappa shape index (κ3) is 4.72. The zero-order chi connectivity index (χ0) is 14.2. The number of benzene rings is 1. The average molecular weight is 302 g/mol. The van der Waals surface area contributed by atoms with Crippen LogP contribution in [0.4, 0.5) is 0 Å². The Morgan fingerprint density at radius 1 is 1.15 bits per heavy atom. The van der Waals surface area contributed by atoms with Crippen molar-refractivity contribution in [1.82, 2.24) is 0 Å². The third-order valence-electron chi connectivity index (χ3n) is 2.87. The Labute approximate surface area is 129 Å². The molecule has 1 aromatic heterocycles. The summed E-state index contributed by atoms with van der Waals surface area (Å²) in [6.07, 6.45) is 0.551. The predicted octanol–water partition coefficient (Wildman–Crippen LogP) is 4.22. The fourth-order valence-electron chi connectivity index (χ4n) is 1.76. The molecule has 20 heavy (non-hydrogen) atoms. The highest BCUT2D eigenvalue weighted by atomic mass is 32.2. The predicted molar refractivity (Wildman–Crippen MR) is 89.1 cm³/mol. The van der Waals surface area contributed by atoms with Gasteiger partial charge >= 0.3 is 0 Å². The van der Waals surface area contributed by atoms with Crippen molar-refractivity contribution in [3.8, 4) is 11.8 Å². The smallest absolute Gasteiger partial charge is 0.0771 e. The quantitative estimate of drug-likeness (QED) is 0.834. The highest BCUT2D eigenvalue weighted by Gasteiger charge is 2.01. The summed E-state index contributed by atoms with van der Waals surface area (Å²) in [5, 5.41) is 8.69. The first-order chi connectivity index (χ1) is 9.79. The fraction of sp³-hybridized carbons (Fsp3) is 0.294. The van der Waals surface area contributed by atoms with Gasteiger partial charge in [-0.25, -0.2) is 0 Å². The molecule has 1 aromatic carbocycles. The van der Waals surface area contributed by atoms with Crippen molar-refractivity contribution in [2.24, 2.45) is 0 Å². The van der Waals surface area contributed by atoms with Crippen molar-refractivity contribution < 1.29 is 5.11 Å². The first kappa shape index (κ1) is 15.2. The molecule has 0 aliphatic rings. The van der Waals surface area contributed by atoms with Crippen molar-refractivity contribution in [3.63, 3.8) is 0 Å². The Kier molecular flexibility index (Phi) is 6.20. The Morgan fingerprint density at radius 2 is 2.00 bits per heavy atom. The molecule has 1 nitrogen and oxygen atoms in total. The van der Waals surface area contributed by atoms with E-state index in [-0.39, 0.29) is 6.61 Å². The monoisotopic (exact) mass is 302 g/mol. The van der Waals surface area contributed by atoms with E-state index in [9.17, 15) is 0 Å². The van der Waals surface area contributed by atoms with E-state index in [1.165, 1.54) is 16.0 Å². The van der Waals surface area contributed by atoms with Crippen LogP contribution in [-0.2, 0) is 11.5 Å². The number of thiophene rings is 1. The van der Waals surface area contributed by atoms with E-state index in [1.54, 1.807) is 11.3 Å². The van der Waals surface area contributed by atoms with Crippen LogP contribution in [0.15, 0.2) is 36.4 Å². The van der Waals surface area contributed by atoms with Gasteiger partial charge in [0.2, 0.25) is 0 Å². The van der Waals surface area contributed by atoms with Gasteiger partial charge < -0.3 is 5.11 Å². The number of thioether (sulfide) groups is 1. The number of hydrogen-bond donors (Lipinski definition) is 1. The number of aliphatic hydroxyl groups excluding tert-OH is 1. The summed E-state index contributed by atoms with van der Waals surface area (Å²) in [6.45, 7) is 2.30. The van der Waals surface area contributed by atoms with E-state index >= 15 is 0 Å². The molecule has 0 spiro atoms. The highest BCUT2D eigenvalue weighted by Crippen LogP contribution is 2.24. The van der Waals surface area contributed by atoms with E-state index in [2.05, 4.69) is 55.2 Å². The molecule has 0 unspecified atom stereocenters. The average Bonchev–Trinajstić information content (AvgIpc) is 2.89. The van der Waals surface area contributed by atoms with Crippen LogP contribution in [0.25, 0.3) is 0 Å². The summed E-state index contributed by atoms with van der Waals surface area (Å²) in [5.41, 5.74) is 2.78. The fourth-order valence-corrected chi connectivity index (χ4v) is 3.87. The minimum atomic E-state index is 0.136. The first-order valence-electron chi connectivity index (χ1n) is 6.60. The molecule has 0 atom stereocenters. The minimum Gasteiger partial charge on any atom is -0.395 e. The van der Waals surface area contributed by atoms with Gasteiger partial charge in [0.1, 0.15) is 0 Å². The Morgan fingerprint density at radius 3 is 2.80 bits per heavy atom. The summed E-state index contributed by atoms with van der Waals surface area (Å²) in [5.74, 6) is 8.12. The van der Waals surface area contributed by atoms with Crippen LogP contribution in [0, 0.1) is 18.8 Å². The second-order valence-electron chi connectivity index (χ2n) is 4.46. The SMILES string of the molecule is Cc1ccccc1CSCc1ccc(C#CCCO)s1. The zero-order valence-corrected chi connectivity index (χ0v) is 13.2. The van der Waals surface area contributed by atoms with E-state index < -0.39 is 0 Å². The van der Waals surface area contributed by atoms with Crippen LogP contribution >= 0.6 is 23.1 Å². The van der Waals surface area contributed by atoms with Gasteiger partial charge in [0.05, 0.1) is 11.5 Å². The molecule has 0 fully saturated rings. The number of hydrogen-bond acceptors (Lipinski definition) is 3. The molecular weight excluding hydrogens is 284 g/mol. The highest BCUT2D eigenvalue weighted by molar-refractivity contribution is 7.97. The molecule has 104 valence electrons. The van der Waals surface area contributed by atoms with Gasteiger partial charge in [-0.05, 0) is 30.2 Å². The van der Waals surface area contributed by atoms with Gasteiger partial charge in [-0.2, -0.15) is 11.8 Å². The lowest BCUT2D eigenvalue weighted by molar-refractivity contribution is 0.305. The molecule has 0 radical (unpaired) electrons. The maximum Gasteiger partial charge on any atom is 0.0771 e. The van der Waals surface area contributed by atoms with Crippen molar-refractivity contribution in [2.75, 3.05) is 6.61 Å². The summed E-state index contributed by atoms with van der Waals surface area (Å²) in [4.78, 5) is 2.45. The maximum atomic E-state index is 8.69. The normalized spacial score (nSPS) is 10.1. The Bertz CT molecular complexity index is 605. The summed E-state index contributed by atoms with van der Waals surface area (Å²) >= 11 is 3.68. The minimum absolute atomic E-state index is 0.136. The Hall–Kier alpha value is -1.21. The van der Waals surface area contributed by atoms with E-state index in [4.69, 9.17) is 5.11 Å². The van der Waals surface area contributed by atoms with Gasteiger partial charge in [0.25, 0.3) is 0 Å². The lowest BCUT2D eigenvalue weighted by Crippen LogP contribution is -1.85. The topological polar surface area (TPSA) is 20.2 Å². The zero-order valence-electron chi connectivity index (χ0n) is 11.6. The number of rotatable bonds is 5. The molecule has 2 rings (SSSR count). The second kappa shape index (κ2) is 8.16. The summed E-state index contributed by atoms with van der Waals surface area (Å²) in [6, 6.07) is 12.8. The molecule has 0 bridgehead atoms. The summed E-state index contributed by atoms with van der Waals surface area (Å²) in [7, 11) is 0. The molecule has 0 aliphatic heterocycles. The van der Waals surface area contributed by atoms with E-state index in [0.29, 0.717) is 6.42 Å². The Balaban J connectivity index is 1.83. The molecule has 0 amide bonds. The molecule has 1 heterocycles. The van der Waals surface area contributed by atoms with Crippen molar-refractivity contribution in [2.45, 2.75) is 24.9 Å². The number of aryl methyl sites for hydroxylation is 1. The van der Waals surface area contributed by atoms with Crippen LogP contribution < -0.4 is 0 Å². The summed E-state index contributed by atoms with van der Waals surface area (Å²) < 4.78 is 0. The van der Waals surface area contributed by atoms with Gasteiger partial charge in [0, 0.05) is 22.8 Å². The van der Waals surface area contributed by atoms with Crippen LogP contribution in [0.1, 0.15) is 27.3 Å². The standard InChI is InChI=1S/C17H18OS2/c1-14-6-2-3-7-15(14)12-19-13-17-10-9-16(20-17)8-4-5-11-18/h2-3,6-7,9-10,18H,5,11-13H2,1H3. The first-order valence-corrected chi connectivity index (χ1v) is 8.57. The van der Waals surface area contributed by atoms with E-state index in [1.807, 2.05) is 11.8 Å². The van der Waals surface area contributed by atoms with Gasteiger partial charge in [-0.1, -0.05) is 36.1 Å². The van der Waals surface area contributed by atoms with E-state index in [0.717, 1.165) is 16.4 Å². The van der Waals surface area contributed by atoms with Crippen LogP contribution in [-0.4, -0.2) is 11.7 Å². The van der Waals surface area contributed by atoms with Crippen LogP contribution in [0.2, 0.25) is 0 Å². The largest absolute Gasteiger partial charge is 0.395 e.